The molecule has 0 unspecified atom stereocenters. The van der Waals surface area contributed by atoms with Gasteiger partial charge in [-0.15, -0.1) is 0 Å². The normalized spacial score (nSPS) is 20.0. The lowest BCUT2D eigenvalue weighted by Gasteiger charge is -2.08. The molecule has 0 heterocycles. The third kappa shape index (κ3) is 2.81. The second-order valence-electron chi connectivity index (χ2n) is 6.52. The number of amides is 1. The summed E-state index contributed by atoms with van der Waals surface area (Å²) in [7, 11) is 0. The van der Waals surface area contributed by atoms with E-state index in [0.717, 1.165) is 5.56 Å². The maximum absolute atomic E-state index is 11.8. The number of carbonyl (C=O) groups excluding carboxylic acids is 1. The van der Waals surface area contributed by atoms with E-state index in [1.165, 1.54) is 0 Å². The van der Waals surface area contributed by atoms with E-state index in [4.69, 9.17) is 0 Å². The lowest BCUT2D eigenvalue weighted by atomic mass is 10.0. The van der Waals surface area contributed by atoms with E-state index in [-0.39, 0.29) is 16.7 Å². The van der Waals surface area contributed by atoms with Gasteiger partial charge >= 0.3 is 0 Å². The summed E-state index contributed by atoms with van der Waals surface area (Å²) in [4.78, 5) is 11.8. The van der Waals surface area contributed by atoms with E-state index in [9.17, 15) is 4.79 Å². The van der Waals surface area contributed by atoms with Crippen molar-refractivity contribution in [1.29, 1.82) is 0 Å². The molecule has 1 fully saturated rings. The molecule has 0 radical (unpaired) electrons. The van der Waals surface area contributed by atoms with Crippen LogP contribution in [0.3, 0.4) is 0 Å². The first-order valence-corrected chi connectivity index (χ1v) is 6.90. The van der Waals surface area contributed by atoms with Crippen LogP contribution < -0.4 is 10.6 Å². The first-order chi connectivity index (χ1) is 8.85. The maximum atomic E-state index is 11.8. The Morgan fingerprint density at radius 2 is 1.68 bits per heavy atom. The molecule has 3 heteroatoms. The van der Waals surface area contributed by atoms with Gasteiger partial charge in [0.25, 0.3) is 0 Å². The standard InChI is InChI=1S/C16H24N2O/c1-15(2)14(16(15,3)4)18-11-13(19)17-10-12-8-6-5-7-9-12/h5-9,14,18H,10-11H2,1-4H3,(H,17,19). The quantitative estimate of drug-likeness (QED) is 0.853. The molecule has 0 spiro atoms. The van der Waals surface area contributed by atoms with E-state index in [0.29, 0.717) is 19.1 Å². The highest BCUT2D eigenvalue weighted by molar-refractivity contribution is 5.78. The van der Waals surface area contributed by atoms with E-state index in [1.807, 2.05) is 30.3 Å². The van der Waals surface area contributed by atoms with Crippen molar-refractivity contribution in [3.05, 3.63) is 35.9 Å². The monoisotopic (exact) mass is 260 g/mol. The third-order valence-corrected chi connectivity index (χ3v) is 4.82. The molecular formula is C16H24N2O. The van der Waals surface area contributed by atoms with E-state index in [2.05, 4.69) is 38.3 Å². The Hall–Kier alpha value is -1.35. The van der Waals surface area contributed by atoms with Crippen LogP contribution in [0.1, 0.15) is 33.3 Å². The summed E-state index contributed by atoms with van der Waals surface area (Å²) in [6.07, 6.45) is 0. The van der Waals surface area contributed by atoms with Gasteiger partial charge in [0.05, 0.1) is 6.54 Å². The summed E-state index contributed by atoms with van der Waals surface area (Å²) in [5, 5.41) is 6.30. The minimum Gasteiger partial charge on any atom is -0.351 e. The SMILES string of the molecule is CC1(C)C(NCC(=O)NCc2ccccc2)C1(C)C. The number of benzene rings is 1. The van der Waals surface area contributed by atoms with Gasteiger partial charge in [-0.1, -0.05) is 58.0 Å². The molecule has 0 bridgehead atoms. The van der Waals surface area contributed by atoms with Crippen LogP contribution in [0, 0.1) is 10.8 Å². The fourth-order valence-electron chi connectivity index (χ4n) is 2.76. The van der Waals surface area contributed by atoms with Crippen molar-refractivity contribution >= 4 is 5.91 Å². The van der Waals surface area contributed by atoms with Crippen LogP contribution in [-0.2, 0) is 11.3 Å². The first-order valence-electron chi connectivity index (χ1n) is 6.90. The zero-order valence-corrected chi connectivity index (χ0v) is 12.3. The Kier molecular flexibility index (Phi) is 3.68. The van der Waals surface area contributed by atoms with Crippen molar-refractivity contribution in [2.24, 2.45) is 10.8 Å². The topological polar surface area (TPSA) is 41.1 Å². The molecule has 0 aliphatic heterocycles. The highest BCUT2D eigenvalue weighted by atomic mass is 16.1. The predicted molar refractivity (Wildman–Crippen MR) is 77.6 cm³/mol. The summed E-state index contributed by atoms with van der Waals surface area (Å²) in [5.41, 5.74) is 1.67. The summed E-state index contributed by atoms with van der Waals surface area (Å²) >= 11 is 0. The second kappa shape index (κ2) is 4.97. The first kappa shape index (κ1) is 14.1. The lowest BCUT2D eigenvalue weighted by molar-refractivity contribution is -0.120. The predicted octanol–water partition coefficient (Wildman–Crippen LogP) is 2.33. The molecule has 3 nitrogen and oxygen atoms in total. The number of carbonyl (C=O) groups is 1. The minimum absolute atomic E-state index is 0.0577. The molecule has 2 rings (SSSR count). The molecule has 2 N–H and O–H groups in total. The summed E-state index contributed by atoms with van der Waals surface area (Å²) in [6.45, 7) is 9.96. The Labute approximate surface area is 115 Å². The molecule has 1 aliphatic rings. The van der Waals surface area contributed by atoms with Crippen LogP contribution in [0.5, 0.6) is 0 Å². The highest BCUT2D eigenvalue weighted by Crippen LogP contribution is 2.62. The molecule has 1 amide bonds. The van der Waals surface area contributed by atoms with Gasteiger partial charge in [-0.3, -0.25) is 4.79 Å². The van der Waals surface area contributed by atoms with Gasteiger partial charge in [-0.25, -0.2) is 0 Å². The van der Waals surface area contributed by atoms with Crippen molar-refractivity contribution in [1.82, 2.24) is 10.6 Å². The maximum Gasteiger partial charge on any atom is 0.234 e. The van der Waals surface area contributed by atoms with Gasteiger partial charge in [-0.2, -0.15) is 0 Å². The second-order valence-corrected chi connectivity index (χ2v) is 6.52. The zero-order valence-electron chi connectivity index (χ0n) is 12.3. The average molecular weight is 260 g/mol. The third-order valence-electron chi connectivity index (χ3n) is 4.82. The summed E-state index contributed by atoms with van der Waals surface area (Å²) in [6, 6.07) is 10.4. The molecule has 1 aliphatic carbocycles. The number of hydrogen-bond acceptors (Lipinski definition) is 2. The molecule has 1 aromatic carbocycles. The smallest absolute Gasteiger partial charge is 0.234 e. The van der Waals surface area contributed by atoms with Crippen molar-refractivity contribution in [2.45, 2.75) is 40.3 Å². The Balaban J connectivity index is 1.72. The van der Waals surface area contributed by atoms with Gasteiger partial charge in [0.15, 0.2) is 0 Å². The van der Waals surface area contributed by atoms with Crippen LogP contribution in [0.15, 0.2) is 30.3 Å². The molecule has 104 valence electrons. The van der Waals surface area contributed by atoms with Gasteiger partial charge < -0.3 is 10.6 Å². The Bertz CT molecular complexity index is 437. The van der Waals surface area contributed by atoms with Crippen molar-refractivity contribution in [3.63, 3.8) is 0 Å². The van der Waals surface area contributed by atoms with Crippen molar-refractivity contribution in [3.8, 4) is 0 Å². The van der Waals surface area contributed by atoms with Crippen molar-refractivity contribution < 1.29 is 4.79 Å². The van der Waals surface area contributed by atoms with Gasteiger partial charge in [0.2, 0.25) is 5.91 Å². The highest BCUT2D eigenvalue weighted by Gasteiger charge is 2.64. The fraction of sp³-hybridized carbons (Fsp3) is 0.562. The average Bonchev–Trinajstić information content (AvgIpc) is 2.76. The van der Waals surface area contributed by atoms with Gasteiger partial charge in [0, 0.05) is 12.6 Å². The Morgan fingerprint density at radius 1 is 1.11 bits per heavy atom. The minimum atomic E-state index is 0.0577. The zero-order chi connectivity index (χ0) is 14.1. The fourth-order valence-corrected chi connectivity index (χ4v) is 2.76. The van der Waals surface area contributed by atoms with Gasteiger partial charge in [0.1, 0.15) is 0 Å². The number of hydrogen-bond donors (Lipinski definition) is 2. The number of nitrogens with one attached hydrogen (secondary N) is 2. The molecule has 0 saturated heterocycles. The molecule has 1 saturated carbocycles. The summed E-state index contributed by atoms with van der Waals surface area (Å²) < 4.78 is 0. The molecule has 1 aromatic rings. The van der Waals surface area contributed by atoms with Crippen LogP contribution in [0.25, 0.3) is 0 Å². The van der Waals surface area contributed by atoms with E-state index >= 15 is 0 Å². The Morgan fingerprint density at radius 3 is 2.21 bits per heavy atom. The molecule has 0 atom stereocenters. The van der Waals surface area contributed by atoms with Crippen LogP contribution in [-0.4, -0.2) is 18.5 Å². The molecule has 0 aromatic heterocycles. The van der Waals surface area contributed by atoms with Crippen molar-refractivity contribution in [2.75, 3.05) is 6.54 Å². The van der Waals surface area contributed by atoms with Crippen LogP contribution in [0.2, 0.25) is 0 Å². The van der Waals surface area contributed by atoms with Crippen LogP contribution >= 0.6 is 0 Å². The van der Waals surface area contributed by atoms with Crippen LogP contribution in [0.4, 0.5) is 0 Å². The van der Waals surface area contributed by atoms with E-state index < -0.39 is 0 Å². The largest absolute Gasteiger partial charge is 0.351 e. The van der Waals surface area contributed by atoms with E-state index in [1.54, 1.807) is 0 Å². The molecule has 19 heavy (non-hydrogen) atoms. The summed E-state index contributed by atoms with van der Waals surface area (Å²) in [5.74, 6) is 0.0577. The lowest BCUT2D eigenvalue weighted by Crippen LogP contribution is -2.36. The molecular weight excluding hydrogens is 236 g/mol. The van der Waals surface area contributed by atoms with Gasteiger partial charge in [-0.05, 0) is 16.4 Å². The number of rotatable bonds is 5.